The lowest BCUT2D eigenvalue weighted by Crippen LogP contribution is -2.27. The van der Waals surface area contributed by atoms with E-state index in [1.54, 1.807) is 0 Å². The molecule has 118 valence electrons. The smallest absolute Gasteiger partial charge is 0.240 e. The summed E-state index contributed by atoms with van der Waals surface area (Å²) >= 11 is 6.09. The second kappa shape index (κ2) is 6.65. The fraction of sp³-hybridized carbons (Fsp3) is 0.600. The molecule has 0 bridgehead atoms. The summed E-state index contributed by atoms with van der Waals surface area (Å²) in [6.07, 6.45) is 1.10. The van der Waals surface area contributed by atoms with Gasteiger partial charge in [-0.05, 0) is 55.0 Å². The van der Waals surface area contributed by atoms with E-state index in [2.05, 4.69) is 17.0 Å². The summed E-state index contributed by atoms with van der Waals surface area (Å²) in [6.45, 7) is 7.93. The molecule has 1 aromatic carbocycles. The van der Waals surface area contributed by atoms with E-state index in [0.717, 1.165) is 24.1 Å². The molecule has 1 saturated carbocycles. The second-order valence-electron chi connectivity index (χ2n) is 5.79. The van der Waals surface area contributed by atoms with Gasteiger partial charge in [-0.1, -0.05) is 25.4 Å². The van der Waals surface area contributed by atoms with Gasteiger partial charge in [0.25, 0.3) is 0 Å². The van der Waals surface area contributed by atoms with Crippen LogP contribution in [0.15, 0.2) is 17.0 Å². The summed E-state index contributed by atoms with van der Waals surface area (Å²) in [5.74, 6) is 1.10. The average Bonchev–Trinajstić information content (AvgIpc) is 3.13. The van der Waals surface area contributed by atoms with Crippen LogP contribution in [0.2, 0.25) is 5.02 Å². The molecule has 0 spiro atoms. The lowest BCUT2D eigenvalue weighted by atomic mass is 10.1. The van der Waals surface area contributed by atoms with Crippen LogP contribution >= 0.6 is 11.6 Å². The van der Waals surface area contributed by atoms with Crippen molar-refractivity contribution < 1.29 is 8.42 Å². The van der Waals surface area contributed by atoms with Crippen molar-refractivity contribution in [3.63, 3.8) is 0 Å². The molecule has 6 heteroatoms. The molecule has 0 heterocycles. The van der Waals surface area contributed by atoms with Crippen LogP contribution in [0.3, 0.4) is 0 Å². The number of benzene rings is 1. The number of nitrogens with one attached hydrogen (secondary N) is 2. The van der Waals surface area contributed by atoms with Gasteiger partial charge in [0, 0.05) is 18.1 Å². The first-order chi connectivity index (χ1) is 9.85. The van der Waals surface area contributed by atoms with Crippen molar-refractivity contribution in [2.24, 2.45) is 11.8 Å². The van der Waals surface area contributed by atoms with Gasteiger partial charge < -0.3 is 5.32 Å². The van der Waals surface area contributed by atoms with Crippen LogP contribution in [0.25, 0.3) is 0 Å². The Morgan fingerprint density at radius 2 is 2.05 bits per heavy atom. The summed E-state index contributed by atoms with van der Waals surface area (Å²) in [6, 6.07) is 3.35. The van der Waals surface area contributed by atoms with Crippen LogP contribution < -0.4 is 10.0 Å². The molecule has 0 radical (unpaired) electrons. The highest BCUT2D eigenvalue weighted by atomic mass is 35.5. The molecule has 0 saturated heterocycles. The largest absolute Gasteiger partial charge is 0.313 e. The molecule has 2 atom stereocenters. The molecule has 2 rings (SSSR count). The third-order valence-electron chi connectivity index (χ3n) is 4.10. The molecule has 1 aromatic rings. The van der Waals surface area contributed by atoms with Gasteiger partial charge in [-0.15, -0.1) is 0 Å². The van der Waals surface area contributed by atoms with E-state index in [1.807, 2.05) is 19.9 Å². The van der Waals surface area contributed by atoms with Crippen molar-refractivity contribution in [2.75, 3.05) is 13.1 Å². The van der Waals surface area contributed by atoms with Crippen LogP contribution in [-0.2, 0) is 16.6 Å². The Kier molecular flexibility index (Phi) is 5.30. The number of rotatable bonds is 7. The second-order valence-corrected chi connectivity index (χ2v) is 7.97. The summed E-state index contributed by atoms with van der Waals surface area (Å²) in [7, 11) is -3.50. The summed E-state index contributed by atoms with van der Waals surface area (Å²) in [4.78, 5) is 0.288. The van der Waals surface area contributed by atoms with Crippen molar-refractivity contribution in [1.29, 1.82) is 0 Å². The molecule has 1 aliphatic carbocycles. The van der Waals surface area contributed by atoms with E-state index in [9.17, 15) is 8.42 Å². The molecule has 4 nitrogen and oxygen atoms in total. The van der Waals surface area contributed by atoms with Gasteiger partial charge in [-0.3, -0.25) is 0 Å². The maximum absolute atomic E-state index is 12.5. The van der Waals surface area contributed by atoms with Crippen molar-refractivity contribution >= 4 is 21.6 Å². The highest BCUT2D eigenvalue weighted by Crippen LogP contribution is 2.37. The molecule has 0 amide bonds. The Balaban J connectivity index is 2.22. The average molecular weight is 331 g/mol. The van der Waals surface area contributed by atoms with Gasteiger partial charge in [-0.25, -0.2) is 13.1 Å². The Hall–Kier alpha value is -0.620. The summed E-state index contributed by atoms with van der Waals surface area (Å²) < 4.78 is 27.7. The van der Waals surface area contributed by atoms with E-state index < -0.39 is 10.0 Å². The number of halogens is 1. The maximum atomic E-state index is 12.5. The van der Waals surface area contributed by atoms with Gasteiger partial charge in [0.1, 0.15) is 0 Å². The van der Waals surface area contributed by atoms with Crippen molar-refractivity contribution in [3.8, 4) is 0 Å². The van der Waals surface area contributed by atoms with E-state index in [4.69, 9.17) is 11.6 Å². The Morgan fingerprint density at radius 3 is 2.62 bits per heavy atom. The number of hydrogen-bond acceptors (Lipinski definition) is 3. The van der Waals surface area contributed by atoms with Gasteiger partial charge in [0.2, 0.25) is 10.0 Å². The lowest BCUT2D eigenvalue weighted by Gasteiger charge is -2.14. The van der Waals surface area contributed by atoms with Crippen molar-refractivity contribution in [3.05, 3.63) is 28.3 Å². The van der Waals surface area contributed by atoms with E-state index in [1.165, 1.54) is 6.07 Å². The quantitative estimate of drug-likeness (QED) is 0.808. The van der Waals surface area contributed by atoms with Gasteiger partial charge in [-0.2, -0.15) is 0 Å². The van der Waals surface area contributed by atoms with Crippen molar-refractivity contribution in [1.82, 2.24) is 10.0 Å². The molecule has 21 heavy (non-hydrogen) atoms. The molecule has 2 unspecified atom stereocenters. The standard InChI is InChI=1S/C15H23ClN2O2S/c1-4-17-8-13-6-14(16)7-15(11(13)3)21(19,20)18-9-12-5-10(12)2/h6-7,10,12,17-18H,4-5,8-9H2,1-3H3. The SMILES string of the molecule is CCNCc1cc(Cl)cc(S(=O)(=O)NCC2CC2C)c1C. The highest BCUT2D eigenvalue weighted by Gasteiger charge is 2.33. The third kappa shape index (κ3) is 4.19. The van der Waals surface area contributed by atoms with Crippen LogP contribution in [0, 0.1) is 18.8 Å². The molecule has 1 fully saturated rings. The molecule has 2 N–H and O–H groups in total. The lowest BCUT2D eigenvalue weighted by molar-refractivity contribution is 0.573. The first-order valence-electron chi connectivity index (χ1n) is 7.34. The first kappa shape index (κ1) is 16.7. The zero-order chi connectivity index (χ0) is 15.6. The van der Waals surface area contributed by atoms with Crippen LogP contribution in [0.4, 0.5) is 0 Å². The Bertz CT molecular complexity index is 616. The first-order valence-corrected chi connectivity index (χ1v) is 9.20. The van der Waals surface area contributed by atoms with Gasteiger partial charge in [0.05, 0.1) is 4.90 Å². The van der Waals surface area contributed by atoms with Crippen LogP contribution in [0.1, 0.15) is 31.4 Å². The topological polar surface area (TPSA) is 58.2 Å². The minimum Gasteiger partial charge on any atom is -0.313 e. The van der Waals surface area contributed by atoms with Crippen LogP contribution in [-0.4, -0.2) is 21.5 Å². The number of hydrogen-bond donors (Lipinski definition) is 2. The van der Waals surface area contributed by atoms with E-state index in [0.29, 0.717) is 29.9 Å². The fourth-order valence-electron chi connectivity index (χ4n) is 2.41. The minimum absolute atomic E-state index is 0.288. The van der Waals surface area contributed by atoms with Crippen molar-refractivity contribution in [2.45, 2.75) is 38.6 Å². The zero-order valence-electron chi connectivity index (χ0n) is 12.7. The fourth-order valence-corrected chi connectivity index (χ4v) is 4.12. The molecule has 0 aliphatic heterocycles. The summed E-state index contributed by atoms with van der Waals surface area (Å²) in [5.41, 5.74) is 1.68. The van der Waals surface area contributed by atoms with E-state index >= 15 is 0 Å². The molecule has 0 aromatic heterocycles. The monoisotopic (exact) mass is 330 g/mol. The zero-order valence-corrected chi connectivity index (χ0v) is 14.3. The maximum Gasteiger partial charge on any atom is 0.240 e. The predicted octanol–water partition coefficient (Wildman–Crippen LogP) is 2.69. The third-order valence-corrected chi connectivity index (χ3v) is 5.87. The molecular formula is C15H23ClN2O2S. The van der Waals surface area contributed by atoms with E-state index in [-0.39, 0.29) is 4.90 Å². The minimum atomic E-state index is -3.50. The molecule has 1 aliphatic rings. The van der Waals surface area contributed by atoms with Crippen LogP contribution in [0.5, 0.6) is 0 Å². The highest BCUT2D eigenvalue weighted by molar-refractivity contribution is 7.89. The Labute approximate surface area is 132 Å². The van der Waals surface area contributed by atoms with Gasteiger partial charge in [0.15, 0.2) is 0 Å². The Morgan fingerprint density at radius 1 is 1.38 bits per heavy atom. The summed E-state index contributed by atoms with van der Waals surface area (Å²) in [5, 5.41) is 3.66. The molecular weight excluding hydrogens is 308 g/mol. The van der Waals surface area contributed by atoms with Gasteiger partial charge >= 0.3 is 0 Å². The number of sulfonamides is 1. The normalized spacial score (nSPS) is 21.5. The predicted molar refractivity (Wildman–Crippen MR) is 86.0 cm³/mol.